The number of rotatable bonds is 8. The Hall–Kier alpha value is -2.40. The third kappa shape index (κ3) is 5.35. The molecule has 1 unspecified atom stereocenters. The Labute approximate surface area is 142 Å². The first-order chi connectivity index (χ1) is 11.6. The van der Waals surface area contributed by atoms with Crippen LogP contribution >= 0.6 is 0 Å². The lowest BCUT2D eigenvalue weighted by molar-refractivity contribution is -0.121. The smallest absolute Gasteiger partial charge is 0.223 e. The second kappa shape index (κ2) is 9.03. The summed E-state index contributed by atoms with van der Waals surface area (Å²) in [6, 6.07) is 16.3. The SMILES string of the molecule is CN(C)C(CNC(=O)CCOc1ccccc1F)c1ccccc1. The summed E-state index contributed by atoms with van der Waals surface area (Å²) in [6.07, 6.45) is 0.184. The average Bonchev–Trinajstić information content (AvgIpc) is 2.57. The molecule has 0 saturated carbocycles. The number of carbonyl (C=O) groups is 1. The zero-order valence-electron chi connectivity index (χ0n) is 14.0. The Morgan fingerprint density at radius 2 is 1.79 bits per heavy atom. The lowest BCUT2D eigenvalue weighted by atomic mass is 10.1. The van der Waals surface area contributed by atoms with E-state index in [0.717, 1.165) is 5.56 Å². The maximum Gasteiger partial charge on any atom is 0.223 e. The number of likely N-dealkylation sites (N-methyl/N-ethyl adjacent to an activating group) is 1. The molecule has 0 aliphatic carbocycles. The first-order valence-corrected chi connectivity index (χ1v) is 7.93. The molecular formula is C19H23FN2O2. The van der Waals surface area contributed by atoms with Gasteiger partial charge in [-0.3, -0.25) is 4.79 Å². The Morgan fingerprint density at radius 3 is 2.46 bits per heavy atom. The van der Waals surface area contributed by atoms with E-state index in [9.17, 15) is 9.18 Å². The monoisotopic (exact) mass is 330 g/mol. The molecule has 4 nitrogen and oxygen atoms in total. The molecule has 0 heterocycles. The van der Waals surface area contributed by atoms with Gasteiger partial charge in [-0.1, -0.05) is 42.5 Å². The maximum absolute atomic E-state index is 13.4. The fourth-order valence-corrected chi connectivity index (χ4v) is 2.39. The normalized spacial score (nSPS) is 12.0. The minimum Gasteiger partial charge on any atom is -0.490 e. The second-order valence-electron chi connectivity index (χ2n) is 5.72. The molecule has 0 aliphatic heterocycles. The van der Waals surface area contributed by atoms with E-state index in [1.54, 1.807) is 18.2 Å². The third-order valence-electron chi connectivity index (χ3n) is 3.72. The zero-order chi connectivity index (χ0) is 17.4. The van der Waals surface area contributed by atoms with Crippen LogP contribution in [-0.4, -0.2) is 38.1 Å². The summed E-state index contributed by atoms with van der Waals surface area (Å²) in [7, 11) is 3.95. The standard InChI is InChI=1S/C19H23FN2O2/c1-22(2)17(15-8-4-3-5-9-15)14-21-19(23)12-13-24-18-11-7-6-10-16(18)20/h3-11,17H,12-14H2,1-2H3,(H,21,23). The first kappa shape index (κ1) is 17.9. The number of para-hydroxylation sites is 1. The number of amides is 1. The zero-order valence-corrected chi connectivity index (χ0v) is 14.0. The number of halogens is 1. The Bertz CT molecular complexity index is 647. The van der Waals surface area contributed by atoms with Crippen molar-refractivity contribution in [3.63, 3.8) is 0 Å². The van der Waals surface area contributed by atoms with Crippen LogP contribution in [0.25, 0.3) is 0 Å². The maximum atomic E-state index is 13.4. The van der Waals surface area contributed by atoms with Gasteiger partial charge in [0.1, 0.15) is 0 Å². The predicted molar refractivity (Wildman–Crippen MR) is 92.4 cm³/mol. The van der Waals surface area contributed by atoms with Gasteiger partial charge in [0.05, 0.1) is 19.1 Å². The first-order valence-electron chi connectivity index (χ1n) is 7.93. The van der Waals surface area contributed by atoms with Crippen molar-refractivity contribution in [3.05, 3.63) is 66.0 Å². The van der Waals surface area contributed by atoms with Gasteiger partial charge in [-0.15, -0.1) is 0 Å². The van der Waals surface area contributed by atoms with Crippen LogP contribution in [-0.2, 0) is 4.79 Å². The van der Waals surface area contributed by atoms with E-state index in [1.807, 2.05) is 44.4 Å². The van der Waals surface area contributed by atoms with Crippen molar-refractivity contribution in [1.82, 2.24) is 10.2 Å². The van der Waals surface area contributed by atoms with Gasteiger partial charge in [0, 0.05) is 6.54 Å². The third-order valence-corrected chi connectivity index (χ3v) is 3.72. The van der Waals surface area contributed by atoms with E-state index in [1.165, 1.54) is 6.07 Å². The van der Waals surface area contributed by atoms with Crippen molar-refractivity contribution in [3.8, 4) is 5.75 Å². The molecule has 0 fully saturated rings. The highest BCUT2D eigenvalue weighted by Crippen LogP contribution is 2.17. The number of carbonyl (C=O) groups excluding carboxylic acids is 1. The quantitative estimate of drug-likeness (QED) is 0.809. The van der Waals surface area contributed by atoms with Crippen LogP contribution in [0.2, 0.25) is 0 Å². The number of hydrogen-bond donors (Lipinski definition) is 1. The van der Waals surface area contributed by atoms with Crippen LogP contribution in [0, 0.1) is 5.82 Å². The van der Waals surface area contributed by atoms with Crippen molar-refractivity contribution < 1.29 is 13.9 Å². The molecule has 0 saturated heterocycles. The molecule has 0 aliphatic rings. The van der Waals surface area contributed by atoms with Gasteiger partial charge < -0.3 is 15.0 Å². The van der Waals surface area contributed by atoms with Crippen LogP contribution in [0.4, 0.5) is 4.39 Å². The molecule has 2 rings (SSSR count). The summed E-state index contributed by atoms with van der Waals surface area (Å²) in [5.41, 5.74) is 1.14. The molecule has 1 atom stereocenters. The summed E-state index contributed by atoms with van der Waals surface area (Å²) in [4.78, 5) is 14.0. The van der Waals surface area contributed by atoms with Gasteiger partial charge in [-0.2, -0.15) is 0 Å². The molecule has 0 bridgehead atoms. The van der Waals surface area contributed by atoms with Crippen molar-refractivity contribution in [1.29, 1.82) is 0 Å². The van der Waals surface area contributed by atoms with Gasteiger partial charge in [0.2, 0.25) is 5.91 Å². The molecule has 0 aromatic heterocycles. The number of nitrogens with zero attached hydrogens (tertiary/aromatic N) is 1. The largest absolute Gasteiger partial charge is 0.490 e. The fourth-order valence-electron chi connectivity index (χ4n) is 2.39. The van der Waals surface area contributed by atoms with E-state index in [4.69, 9.17) is 4.74 Å². The Kier molecular flexibility index (Phi) is 6.75. The number of benzene rings is 2. The van der Waals surface area contributed by atoms with Crippen LogP contribution in [0.1, 0.15) is 18.0 Å². The van der Waals surface area contributed by atoms with E-state index in [-0.39, 0.29) is 30.7 Å². The van der Waals surface area contributed by atoms with Crippen LogP contribution in [0.3, 0.4) is 0 Å². The molecule has 5 heteroatoms. The fraction of sp³-hybridized carbons (Fsp3) is 0.316. The van der Waals surface area contributed by atoms with E-state index in [0.29, 0.717) is 6.54 Å². The molecule has 2 aromatic carbocycles. The lowest BCUT2D eigenvalue weighted by Gasteiger charge is -2.25. The minimum absolute atomic E-state index is 0.0997. The van der Waals surface area contributed by atoms with Gasteiger partial charge >= 0.3 is 0 Å². The number of nitrogens with one attached hydrogen (secondary N) is 1. The minimum atomic E-state index is -0.422. The molecule has 128 valence electrons. The van der Waals surface area contributed by atoms with Crippen molar-refractivity contribution in [2.45, 2.75) is 12.5 Å². The van der Waals surface area contributed by atoms with Crippen molar-refractivity contribution in [2.24, 2.45) is 0 Å². The van der Waals surface area contributed by atoms with Gasteiger partial charge in [0.15, 0.2) is 11.6 Å². The number of ether oxygens (including phenoxy) is 1. The highest BCUT2D eigenvalue weighted by atomic mass is 19.1. The average molecular weight is 330 g/mol. The van der Waals surface area contributed by atoms with Gasteiger partial charge in [-0.25, -0.2) is 4.39 Å². The Balaban J connectivity index is 1.78. The predicted octanol–water partition coefficient (Wildman–Crippen LogP) is 3.01. The molecule has 2 aromatic rings. The molecule has 0 spiro atoms. The van der Waals surface area contributed by atoms with Crippen LogP contribution in [0.5, 0.6) is 5.75 Å². The molecule has 1 N–H and O–H groups in total. The van der Waals surface area contributed by atoms with Gasteiger partial charge in [0.25, 0.3) is 0 Å². The molecule has 1 amide bonds. The van der Waals surface area contributed by atoms with Crippen LogP contribution < -0.4 is 10.1 Å². The highest BCUT2D eigenvalue weighted by Gasteiger charge is 2.15. The van der Waals surface area contributed by atoms with E-state index in [2.05, 4.69) is 10.2 Å². The van der Waals surface area contributed by atoms with Crippen molar-refractivity contribution >= 4 is 5.91 Å². The molecule has 24 heavy (non-hydrogen) atoms. The highest BCUT2D eigenvalue weighted by molar-refractivity contribution is 5.76. The summed E-state index contributed by atoms with van der Waals surface area (Å²) in [6.45, 7) is 0.653. The topological polar surface area (TPSA) is 41.6 Å². The Morgan fingerprint density at radius 1 is 1.12 bits per heavy atom. The van der Waals surface area contributed by atoms with Crippen molar-refractivity contribution in [2.75, 3.05) is 27.2 Å². The van der Waals surface area contributed by atoms with E-state index < -0.39 is 5.82 Å². The molecule has 0 radical (unpaired) electrons. The number of hydrogen-bond acceptors (Lipinski definition) is 3. The van der Waals surface area contributed by atoms with Gasteiger partial charge in [-0.05, 0) is 31.8 Å². The summed E-state index contributed by atoms with van der Waals surface area (Å²) in [5.74, 6) is -0.371. The molecular weight excluding hydrogens is 307 g/mol. The summed E-state index contributed by atoms with van der Waals surface area (Å²) in [5, 5.41) is 2.91. The van der Waals surface area contributed by atoms with E-state index >= 15 is 0 Å². The van der Waals surface area contributed by atoms with Crippen LogP contribution in [0.15, 0.2) is 54.6 Å². The second-order valence-corrected chi connectivity index (χ2v) is 5.72. The summed E-state index contributed by atoms with van der Waals surface area (Å²) < 4.78 is 18.7. The summed E-state index contributed by atoms with van der Waals surface area (Å²) >= 11 is 0. The lowest BCUT2D eigenvalue weighted by Crippen LogP contribution is -2.35.